The maximum Gasteiger partial charge on any atom is 0.136 e. The van der Waals surface area contributed by atoms with Crippen LogP contribution in [-0.2, 0) is 0 Å². The Hall–Kier alpha value is -6.31. The van der Waals surface area contributed by atoms with Crippen LogP contribution in [0.3, 0.4) is 0 Å². The summed E-state index contributed by atoms with van der Waals surface area (Å²) in [5.74, 6) is 35.1. The van der Waals surface area contributed by atoms with Crippen molar-refractivity contribution < 1.29 is 28.4 Å². The fraction of sp³-hybridized carbons (Fsp3) is 0.429. The van der Waals surface area contributed by atoms with Crippen LogP contribution in [0.1, 0.15) is 130 Å². The van der Waals surface area contributed by atoms with Crippen LogP contribution in [0.4, 0.5) is 0 Å². The van der Waals surface area contributed by atoms with E-state index in [1.54, 1.807) is 0 Å². The van der Waals surface area contributed by atoms with E-state index < -0.39 is 24.2 Å². The molecule has 378 valence electrons. The summed E-state index contributed by atoms with van der Waals surface area (Å²) in [6.45, 7) is 36.0. The molecular weight excluding hydrogens is 937 g/mol. The number of rotatable bonds is 18. The normalized spacial score (nSPS) is 10.7. The SMILES string of the molecule is CCCOc1cc(C#C[Si](C)(C)C)c(OCCC)cc1C#Cc1cc(C#Cc2cc(OCCC)c(C#C[Si](C)(C)C)cc2OCCC)cc(C#Cc2cc(OCCC)c(C#C[Si](C)(C)C)cc2OCCC)c1. The quantitative estimate of drug-likeness (QED) is 0.0731. The predicted molar refractivity (Wildman–Crippen MR) is 309 cm³/mol. The summed E-state index contributed by atoms with van der Waals surface area (Å²) >= 11 is 0. The first-order valence-electron chi connectivity index (χ1n) is 25.9. The van der Waals surface area contributed by atoms with E-state index in [-0.39, 0.29) is 0 Å². The lowest BCUT2D eigenvalue weighted by molar-refractivity contribution is 0.307. The fourth-order valence-corrected chi connectivity index (χ4v) is 7.81. The molecule has 9 heteroatoms. The highest BCUT2D eigenvalue weighted by Gasteiger charge is 2.16. The largest absolute Gasteiger partial charge is 0.492 e. The maximum atomic E-state index is 6.34. The van der Waals surface area contributed by atoms with Crippen LogP contribution in [0.15, 0.2) is 54.6 Å². The summed E-state index contributed by atoms with van der Waals surface area (Å²) in [5, 5.41) is 0. The lowest BCUT2D eigenvalue weighted by Gasteiger charge is -2.13. The highest BCUT2D eigenvalue weighted by molar-refractivity contribution is 6.84. The van der Waals surface area contributed by atoms with Gasteiger partial charge in [-0.3, -0.25) is 0 Å². The first kappa shape index (κ1) is 58.3. The summed E-state index contributed by atoms with van der Waals surface area (Å²) < 4.78 is 37.9. The van der Waals surface area contributed by atoms with Gasteiger partial charge in [-0.15, -0.1) is 16.6 Å². The first-order chi connectivity index (χ1) is 34.3. The molecule has 0 radical (unpaired) electrons. The molecule has 6 nitrogen and oxygen atoms in total. The Morgan fingerprint density at radius 2 is 0.444 bits per heavy atom. The number of hydrogen-bond donors (Lipinski definition) is 0. The van der Waals surface area contributed by atoms with Gasteiger partial charge in [0.25, 0.3) is 0 Å². The zero-order chi connectivity index (χ0) is 52.7. The van der Waals surface area contributed by atoms with Gasteiger partial charge in [-0.25, -0.2) is 0 Å². The minimum atomic E-state index is -1.68. The molecule has 0 amide bonds. The summed E-state index contributed by atoms with van der Waals surface area (Å²) in [6.07, 6.45) is 5.12. The Kier molecular flexibility index (Phi) is 23.2. The molecule has 0 aliphatic rings. The van der Waals surface area contributed by atoms with Crippen LogP contribution >= 0.6 is 0 Å². The van der Waals surface area contributed by atoms with E-state index in [2.05, 4.69) is 170 Å². The number of hydrogen-bond acceptors (Lipinski definition) is 6. The molecule has 0 aliphatic carbocycles. The predicted octanol–water partition coefficient (Wildman–Crippen LogP) is 14.3. The lowest BCUT2D eigenvalue weighted by atomic mass is 10.0. The van der Waals surface area contributed by atoms with Gasteiger partial charge >= 0.3 is 0 Å². The van der Waals surface area contributed by atoms with Gasteiger partial charge in [0, 0.05) is 53.1 Å². The Morgan fingerprint density at radius 1 is 0.264 bits per heavy atom. The maximum absolute atomic E-state index is 6.34. The molecule has 0 fully saturated rings. The summed E-state index contributed by atoms with van der Waals surface area (Å²) in [6, 6.07) is 17.8. The Labute approximate surface area is 438 Å². The van der Waals surface area contributed by atoms with Crippen molar-refractivity contribution in [2.75, 3.05) is 39.6 Å². The van der Waals surface area contributed by atoms with Gasteiger partial charge in [0.15, 0.2) is 0 Å². The van der Waals surface area contributed by atoms with Gasteiger partial charge in [-0.05, 0) is 56.7 Å². The van der Waals surface area contributed by atoms with Crippen molar-refractivity contribution in [2.24, 2.45) is 0 Å². The molecule has 0 heterocycles. The number of benzene rings is 4. The van der Waals surface area contributed by atoms with Crippen LogP contribution in [0.2, 0.25) is 58.9 Å². The molecule has 4 aromatic rings. The van der Waals surface area contributed by atoms with Gasteiger partial charge in [0.2, 0.25) is 0 Å². The third kappa shape index (κ3) is 20.4. The highest BCUT2D eigenvalue weighted by atomic mass is 28.3. The number of ether oxygens (including phenoxy) is 6. The van der Waals surface area contributed by atoms with E-state index in [0.717, 1.165) is 71.9 Å². The Morgan fingerprint density at radius 3 is 0.611 bits per heavy atom. The van der Waals surface area contributed by atoms with Gasteiger partial charge in [-0.2, -0.15) is 0 Å². The highest BCUT2D eigenvalue weighted by Crippen LogP contribution is 2.32. The summed E-state index contributed by atoms with van der Waals surface area (Å²) in [5.41, 5.74) is 17.2. The third-order valence-electron chi connectivity index (χ3n) is 9.69. The lowest BCUT2D eigenvalue weighted by Crippen LogP contribution is -2.16. The molecule has 0 N–H and O–H groups in total. The summed E-state index contributed by atoms with van der Waals surface area (Å²) in [4.78, 5) is 0. The molecule has 0 saturated carbocycles. The minimum absolute atomic E-state index is 0.539. The smallest absolute Gasteiger partial charge is 0.136 e. The fourth-order valence-electron chi connectivity index (χ4n) is 6.28. The molecule has 0 atom stereocenters. The van der Waals surface area contributed by atoms with Crippen LogP contribution in [0.25, 0.3) is 0 Å². The summed E-state index contributed by atoms with van der Waals surface area (Å²) in [7, 11) is -5.04. The molecule has 0 saturated heterocycles. The van der Waals surface area contributed by atoms with Crippen LogP contribution in [-0.4, -0.2) is 63.9 Å². The van der Waals surface area contributed by atoms with E-state index in [9.17, 15) is 0 Å². The van der Waals surface area contributed by atoms with Crippen LogP contribution in [0.5, 0.6) is 34.5 Å². The van der Waals surface area contributed by atoms with Crippen LogP contribution in [0, 0.1) is 69.9 Å². The van der Waals surface area contributed by atoms with Gasteiger partial charge in [-0.1, -0.05) is 154 Å². The molecule has 4 rings (SSSR count). The molecule has 4 aromatic carbocycles. The second-order valence-corrected chi connectivity index (χ2v) is 34.9. The molecular formula is C63H78O6Si3. The Bertz CT molecular complexity index is 2550. The molecule has 0 unspecified atom stereocenters. The standard InChI is InChI=1S/C63H78O6Si3/c1-16-31-64-58-46-55(28-37-70(7,8)9)61(67-34-19-4)43-52(58)25-22-49-40-50(23-26-53-44-62(68-35-20-5)56(29-38-71(10,11)12)47-59(53)65-32-17-2)42-51(41-49)24-27-54-45-63(69-36-21-6)57(30-39-72(13,14)15)48-60(54)66-33-18-3/h40-48H,16-21,31-36H2,1-15H3. The van der Waals surface area contributed by atoms with Gasteiger partial charge in [0.05, 0.1) is 73.0 Å². The minimum Gasteiger partial charge on any atom is -0.492 e. The van der Waals surface area contributed by atoms with Crippen molar-refractivity contribution in [1.82, 2.24) is 0 Å². The van der Waals surface area contributed by atoms with Crippen molar-refractivity contribution >= 4 is 24.2 Å². The third-order valence-corrected chi connectivity index (χ3v) is 12.3. The first-order valence-corrected chi connectivity index (χ1v) is 36.4. The van der Waals surface area contributed by atoms with E-state index in [1.165, 1.54) is 0 Å². The van der Waals surface area contributed by atoms with E-state index in [4.69, 9.17) is 28.4 Å². The van der Waals surface area contributed by atoms with E-state index in [1.807, 2.05) is 54.6 Å². The van der Waals surface area contributed by atoms with Crippen molar-refractivity contribution in [3.05, 3.63) is 105 Å². The molecule has 0 bridgehead atoms. The van der Waals surface area contributed by atoms with Crippen LogP contribution < -0.4 is 28.4 Å². The molecule has 72 heavy (non-hydrogen) atoms. The zero-order valence-corrected chi connectivity index (χ0v) is 49.1. The van der Waals surface area contributed by atoms with Crippen molar-refractivity contribution in [3.63, 3.8) is 0 Å². The monoisotopic (exact) mass is 1010 g/mol. The van der Waals surface area contributed by atoms with Gasteiger partial charge < -0.3 is 28.4 Å². The van der Waals surface area contributed by atoms with E-state index >= 15 is 0 Å². The second-order valence-electron chi connectivity index (χ2n) is 20.7. The van der Waals surface area contributed by atoms with Gasteiger partial charge in [0.1, 0.15) is 58.7 Å². The van der Waals surface area contributed by atoms with Crippen molar-refractivity contribution in [1.29, 1.82) is 0 Å². The molecule has 0 spiro atoms. The average molecular weight is 1020 g/mol. The second kappa shape index (κ2) is 28.7. The van der Waals surface area contributed by atoms with Crippen molar-refractivity contribution in [2.45, 2.75) is 139 Å². The molecule has 0 aliphatic heterocycles. The zero-order valence-electron chi connectivity index (χ0n) is 46.1. The van der Waals surface area contributed by atoms with E-state index in [0.29, 0.717) is 90.8 Å². The Balaban J connectivity index is 2.04. The average Bonchev–Trinajstić information content (AvgIpc) is 3.33. The topological polar surface area (TPSA) is 55.4 Å². The van der Waals surface area contributed by atoms with Crippen molar-refractivity contribution in [3.8, 4) is 104 Å². The molecule has 0 aromatic heterocycles.